The molecule has 1 amide bonds. The summed E-state index contributed by atoms with van der Waals surface area (Å²) in [7, 11) is 0. The van der Waals surface area contributed by atoms with Gasteiger partial charge in [-0.3, -0.25) is 4.79 Å². The first kappa shape index (κ1) is 16.3. The fraction of sp³-hybridized carbons (Fsp3) is 0.211. The molecule has 0 aromatic heterocycles. The van der Waals surface area contributed by atoms with Crippen LogP contribution < -0.4 is 5.32 Å². The van der Waals surface area contributed by atoms with Crippen molar-refractivity contribution in [2.24, 2.45) is 0 Å². The lowest BCUT2D eigenvalue weighted by Gasteiger charge is -2.01. The van der Waals surface area contributed by atoms with E-state index in [4.69, 9.17) is 6.42 Å². The Labute approximate surface area is 127 Å². The van der Waals surface area contributed by atoms with Crippen LogP contribution in [0.4, 0.5) is 0 Å². The first-order valence-electron chi connectivity index (χ1n) is 6.91. The second kappa shape index (κ2) is 11.1. The third-order valence-corrected chi connectivity index (χ3v) is 2.65. The summed E-state index contributed by atoms with van der Waals surface area (Å²) in [6, 6.07) is 10.1. The van der Waals surface area contributed by atoms with Gasteiger partial charge in [0.05, 0.1) is 0 Å². The average molecular weight is 277 g/mol. The molecule has 0 bridgehead atoms. The first-order chi connectivity index (χ1) is 10.3. The fourth-order valence-electron chi connectivity index (χ4n) is 1.62. The molecule has 21 heavy (non-hydrogen) atoms. The van der Waals surface area contributed by atoms with Gasteiger partial charge in [0.2, 0.25) is 5.91 Å². The highest BCUT2D eigenvalue weighted by atomic mass is 16.1. The highest BCUT2D eigenvalue weighted by Crippen LogP contribution is 1.98. The number of benzene rings is 1. The molecule has 0 saturated heterocycles. The molecule has 0 aliphatic carbocycles. The predicted molar refractivity (Wildman–Crippen MR) is 87.3 cm³/mol. The van der Waals surface area contributed by atoms with Gasteiger partial charge in [-0.1, -0.05) is 54.5 Å². The van der Waals surface area contributed by atoms with E-state index >= 15 is 0 Å². The number of amides is 1. The van der Waals surface area contributed by atoms with Crippen molar-refractivity contribution in [1.82, 2.24) is 5.32 Å². The van der Waals surface area contributed by atoms with Gasteiger partial charge in [-0.05, 0) is 30.2 Å². The Bertz CT molecular complexity index is 579. The monoisotopic (exact) mass is 277 g/mol. The molecular weight excluding hydrogens is 258 g/mol. The molecule has 2 heteroatoms. The molecule has 2 nitrogen and oxygen atoms in total. The number of hydrogen-bond donors (Lipinski definition) is 1. The molecule has 0 fully saturated rings. The summed E-state index contributed by atoms with van der Waals surface area (Å²) in [5.74, 6) is 7.58. The molecule has 1 rings (SSSR count). The van der Waals surface area contributed by atoms with Gasteiger partial charge in [-0.25, -0.2) is 0 Å². The molecule has 0 aliphatic rings. The van der Waals surface area contributed by atoms with E-state index in [-0.39, 0.29) is 5.91 Å². The second-order valence-electron chi connectivity index (χ2n) is 4.30. The van der Waals surface area contributed by atoms with Crippen molar-refractivity contribution in [2.75, 3.05) is 6.54 Å². The summed E-state index contributed by atoms with van der Waals surface area (Å²) in [5.41, 5.74) is 1.22. The number of hydrogen-bond acceptors (Lipinski definition) is 1. The van der Waals surface area contributed by atoms with Crippen molar-refractivity contribution in [3.63, 3.8) is 0 Å². The van der Waals surface area contributed by atoms with E-state index in [0.717, 1.165) is 19.3 Å². The Morgan fingerprint density at radius 3 is 2.81 bits per heavy atom. The average Bonchev–Trinajstić information content (AvgIpc) is 2.51. The zero-order chi connectivity index (χ0) is 15.2. The van der Waals surface area contributed by atoms with Crippen LogP contribution in [0.2, 0.25) is 0 Å². The lowest BCUT2D eigenvalue weighted by atomic mass is 10.1. The third kappa shape index (κ3) is 8.92. The summed E-state index contributed by atoms with van der Waals surface area (Å²) in [4.78, 5) is 11.5. The molecule has 1 N–H and O–H groups in total. The molecule has 0 aliphatic heterocycles. The Morgan fingerprint density at radius 1 is 1.24 bits per heavy atom. The minimum atomic E-state index is -0.0808. The number of carbonyl (C=O) groups excluding carboxylic acids is 1. The molecule has 0 radical (unpaired) electrons. The minimum absolute atomic E-state index is 0.0808. The Hall–Kier alpha value is -2.71. The van der Waals surface area contributed by atoms with Crippen molar-refractivity contribution in [1.29, 1.82) is 0 Å². The first-order valence-corrected chi connectivity index (χ1v) is 6.91. The SMILES string of the molecule is C#CC#CCC/C=C/C=C\C(=O)NCCc1ccccc1. The van der Waals surface area contributed by atoms with Gasteiger partial charge in [0.25, 0.3) is 0 Å². The smallest absolute Gasteiger partial charge is 0.243 e. The van der Waals surface area contributed by atoms with Gasteiger partial charge in [-0.15, -0.1) is 6.42 Å². The quantitative estimate of drug-likeness (QED) is 0.353. The maximum atomic E-state index is 11.5. The second-order valence-corrected chi connectivity index (χ2v) is 4.30. The summed E-state index contributed by atoms with van der Waals surface area (Å²) in [5, 5.41) is 2.85. The highest BCUT2D eigenvalue weighted by Gasteiger charge is 1.94. The van der Waals surface area contributed by atoms with Crippen LogP contribution in [-0.2, 0) is 11.2 Å². The van der Waals surface area contributed by atoms with E-state index in [1.165, 1.54) is 11.6 Å². The molecule has 1 aromatic carbocycles. The Morgan fingerprint density at radius 2 is 2.05 bits per heavy atom. The maximum absolute atomic E-state index is 11.5. The van der Waals surface area contributed by atoms with Crippen molar-refractivity contribution in [3.8, 4) is 24.2 Å². The van der Waals surface area contributed by atoms with Crippen LogP contribution in [0.1, 0.15) is 18.4 Å². The third-order valence-electron chi connectivity index (χ3n) is 2.65. The molecular formula is C19H19NO. The van der Waals surface area contributed by atoms with Gasteiger partial charge in [0.1, 0.15) is 0 Å². The van der Waals surface area contributed by atoms with E-state index < -0.39 is 0 Å². The van der Waals surface area contributed by atoms with Gasteiger partial charge in [-0.2, -0.15) is 0 Å². The summed E-state index contributed by atoms with van der Waals surface area (Å²) >= 11 is 0. The molecule has 0 spiro atoms. The van der Waals surface area contributed by atoms with Gasteiger partial charge in [0, 0.05) is 19.0 Å². The van der Waals surface area contributed by atoms with Gasteiger partial charge in [0.15, 0.2) is 0 Å². The number of allylic oxidation sites excluding steroid dienone is 3. The highest BCUT2D eigenvalue weighted by molar-refractivity contribution is 5.87. The van der Waals surface area contributed by atoms with E-state index in [1.54, 1.807) is 6.08 Å². The summed E-state index contributed by atoms with van der Waals surface area (Å²) in [6.45, 7) is 0.637. The molecule has 0 unspecified atom stereocenters. The number of nitrogens with one attached hydrogen (secondary N) is 1. The van der Waals surface area contributed by atoms with E-state index in [1.807, 2.05) is 42.5 Å². The topological polar surface area (TPSA) is 29.1 Å². The van der Waals surface area contributed by atoms with E-state index in [2.05, 4.69) is 23.1 Å². The van der Waals surface area contributed by atoms with E-state index in [0.29, 0.717) is 6.54 Å². The van der Waals surface area contributed by atoms with Crippen LogP contribution in [-0.4, -0.2) is 12.5 Å². The van der Waals surface area contributed by atoms with Crippen LogP contribution in [0, 0.1) is 24.2 Å². The van der Waals surface area contributed by atoms with E-state index in [9.17, 15) is 4.79 Å². The zero-order valence-corrected chi connectivity index (χ0v) is 12.0. The number of unbranched alkanes of at least 4 members (excludes halogenated alkanes) is 1. The van der Waals surface area contributed by atoms with Gasteiger partial charge < -0.3 is 5.32 Å². The minimum Gasteiger partial charge on any atom is -0.352 e. The van der Waals surface area contributed by atoms with Crippen LogP contribution in [0.25, 0.3) is 0 Å². The van der Waals surface area contributed by atoms with Crippen LogP contribution in [0.15, 0.2) is 54.6 Å². The maximum Gasteiger partial charge on any atom is 0.243 e. The standard InChI is InChI=1S/C19H19NO/c1-2-3-4-5-6-7-8-12-15-19(21)20-17-16-18-13-10-9-11-14-18/h1,7-15H,5-6,16-17H2,(H,20,21)/b8-7+,15-12-. The zero-order valence-electron chi connectivity index (χ0n) is 12.0. The van der Waals surface area contributed by atoms with Gasteiger partial charge >= 0.3 is 0 Å². The number of carbonyl (C=O) groups is 1. The summed E-state index contributed by atoms with van der Waals surface area (Å²) < 4.78 is 0. The lowest BCUT2D eigenvalue weighted by molar-refractivity contribution is -0.116. The molecule has 1 aromatic rings. The number of rotatable bonds is 7. The molecule has 106 valence electrons. The molecule has 0 saturated carbocycles. The molecule has 0 atom stereocenters. The lowest BCUT2D eigenvalue weighted by Crippen LogP contribution is -2.23. The number of terminal acetylenes is 1. The largest absolute Gasteiger partial charge is 0.352 e. The Kier molecular flexibility index (Phi) is 8.67. The summed E-state index contributed by atoms with van der Waals surface area (Å²) in [6.07, 6.45) is 14.5. The van der Waals surface area contributed by atoms with Crippen LogP contribution in [0.5, 0.6) is 0 Å². The van der Waals surface area contributed by atoms with Crippen LogP contribution in [0.3, 0.4) is 0 Å². The Balaban J connectivity index is 2.14. The van der Waals surface area contributed by atoms with Crippen molar-refractivity contribution in [2.45, 2.75) is 19.3 Å². The fourth-order valence-corrected chi connectivity index (χ4v) is 1.62. The van der Waals surface area contributed by atoms with Crippen molar-refractivity contribution < 1.29 is 4.79 Å². The van der Waals surface area contributed by atoms with Crippen molar-refractivity contribution >= 4 is 5.91 Å². The normalized spacial score (nSPS) is 10.0. The molecule has 0 heterocycles. The van der Waals surface area contributed by atoms with Crippen molar-refractivity contribution in [3.05, 3.63) is 60.2 Å². The predicted octanol–water partition coefficient (Wildman–Crippen LogP) is 2.87. The van der Waals surface area contributed by atoms with Crippen LogP contribution >= 0.6 is 0 Å².